The van der Waals surface area contributed by atoms with Crippen molar-refractivity contribution in [2.75, 3.05) is 19.6 Å². The number of rotatable bonds is 2. The van der Waals surface area contributed by atoms with Crippen molar-refractivity contribution in [1.82, 2.24) is 15.1 Å². The molecule has 1 aromatic carbocycles. The van der Waals surface area contributed by atoms with E-state index in [0.29, 0.717) is 6.42 Å². The van der Waals surface area contributed by atoms with Gasteiger partial charge < -0.3 is 10.2 Å². The standard InChI is InChI=1S/C18H21N3O3/c22-15(20-10-4-1-5-11-20)12-21-16(23)18(19-17(21)24)9-8-13-6-2-3-7-14(13)18/h2-3,6-7H,1,4-5,8-12H2,(H,19,24)/t18-/m1/s1. The van der Waals surface area contributed by atoms with Crippen LogP contribution in [0, 0.1) is 0 Å². The number of piperidine rings is 1. The van der Waals surface area contributed by atoms with Crippen LogP contribution in [0.25, 0.3) is 0 Å². The van der Waals surface area contributed by atoms with Crippen LogP contribution >= 0.6 is 0 Å². The molecule has 1 aromatic rings. The van der Waals surface area contributed by atoms with E-state index in [4.69, 9.17) is 0 Å². The molecule has 1 atom stereocenters. The molecule has 0 unspecified atom stereocenters. The molecule has 2 heterocycles. The van der Waals surface area contributed by atoms with Gasteiger partial charge in [0.2, 0.25) is 5.91 Å². The molecule has 1 spiro atoms. The zero-order valence-electron chi connectivity index (χ0n) is 13.6. The molecule has 1 aliphatic carbocycles. The van der Waals surface area contributed by atoms with Crippen molar-refractivity contribution >= 4 is 17.8 Å². The Bertz CT molecular complexity index is 711. The Hall–Kier alpha value is -2.37. The predicted molar refractivity (Wildman–Crippen MR) is 87.1 cm³/mol. The molecule has 126 valence electrons. The number of benzene rings is 1. The zero-order valence-corrected chi connectivity index (χ0v) is 13.6. The van der Waals surface area contributed by atoms with E-state index in [0.717, 1.165) is 54.8 Å². The summed E-state index contributed by atoms with van der Waals surface area (Å²) < 4.78 is 0. The number of likely N-dealkylation sites (tertiary alicyclic amines) is 1. The fraction of sp³-hybridized carbons (Fsp3) is 0.500. The highest BCUT2D eigenvalue weighted by Gasteiger charge is 2.55. The van der Waals surface area contributed by atoms with Gasteiger partial charge in [0.1, 0.15) is 12.1 Å². The second kappa shape index (κ2) is 5.61. The van der Waals surface area contributed by atoms with E-state index < -0.39 is 11.6 Å². The third-order valence-corrected chi connectivity index (χ3v) is 5.42. The van der Waals surface area contributed by atoms with Crippen molar-refractivity contribution in [3.8, 4) is 0 Å². The summed E-state index contributed by atoms with van der Waals surface area (Å²) in [6.45, 7) is 1.28. The Kier molecular flexibility index (Phi) is 3.55. The summed E-state index contributed by atoms with van der Waals surface area (Å²) in [5.41, 5.74) is 0.988. The van der Waals surface area contributed by atoms with Crippen LogP contribution in [-0.2, 0) is 21.5 Å². The van der Waals surface area contributed by atoms with Crippen LogP contribution in [0.3, 0.4) is 0 Å². The molecular formula is C18H21N3O3. The van der Waals surface area contributed by atoms with E-state index in [1.165, 1.54) is 0 Å². The Balaban J connectivity index is 1.55. The summed E-state index contributed by atoms with van der Waals surface area (Å²) in [5, 5.41) is 2.86. The highest BCUT2D eigenvalue weighted by atomic mass is 16.2. The van der Waals surface area contributed by atoms with Crippen molar-refractivity contribution in [1.29, 1.82) is 0 Å². The molecule has 0 aromatic heterocycles. The number of fused-ring (bicyclic) bond motifs is 2. The van der Waals surface area contributed by atoms with Crippen molar-refractivity contribution in [3.63, 3.8) is 0 Å². The van der Waals surface area contributed by atoms with Crippen LogP contribution in [0.15, 0.2) is 24.3 Å². The van der Waals surface area contributed by atoms with Gasteiger partial charge in [-0.3, -0.25) is 14.5 Å². The Labute approximate surface area is 140 Å². The van der Waals surface area contributed by atoms with Crippen molar-refractivity contribution in [3.05, 3.63) is 35.4 Å². The Morgan fingerprint density at radius 2 is 1.88 bits per heavy atom. The third kappa shape index (κ3) is 2.20. The predicted octanol–water partition coefficient (Wildman–Crippen LogP) is 1.39. The van der Waals surface area contributed by atoms with Gasteiger partial charge in [-0.25, -0.2) is 4.79 Å². The topological polar surface area (TPSA) is 69.7 Å². The van der Waals surface area contributed by atoms with Crippen LogP contribution < -0.4 is 5.32 Å². The van der Waals surface area contributed by atoms with Gasteiger partial charge in [0.15, 0.2) is 0 Å². The number of hydrogen-bond acceptors (Lipinski definition) is 3. The highest BCUT2D eigenvalue weighted by Crippen LogP contribution is 2.41. The molecular weight excluding hydrogens is 306 g/mol. The monoisotopic (exact) mass is 327 g/mol. The molecule has 0 saturated carbocycles. The quantitative estimate of drug-likeness (QED) is 0.835. The summed E-state index contributed by atoms with van der Waals surface area (Å²) in [6.07, 6.45) is 4.43. The van der Waals surface area contributed by atoms with Crippen LogP contribution in [0.5, 0.6) is 0 Å². The van der Waals surface area contributed by atoms with Gasteiger partial charge in [0.25, 0.3) is 5.91 Å². The normalized spacial score (nSPS) is 26.0. The first kappa shape index (κ1) is 15.2. The van der Waals surface area contributed by atoms with E-state index in [9.17, 15) is 14.4 Å². The van der Waals surface area contributed by atoms with E-state index in [2.05, 4.69) is 5.32 Å². The molecule has 24 heavy (non-hydrogen) atoms. The summed E-state index contributed by atoms with van der Waals surface area (Å²) in [4.78, 5) is 40.7. The van der Waals surface area contributed by atoms with Crippen LogP contribution in [-0.4, -0.2) is 47.3 Å². The smallest absolute Gasteiger partial charge is 0.325 e. The van der Waals surface area contributed by atoms with Gasteiger partial charge in [-0.15, -0.1) is 0 Å². The minimum atomic E-state index is -0.976. The van der Waals surface area contributed by atoms with Crippen LogP contribution in [0.2, 0.25) is 0 Å². The van der Waals surface area contributed by atoms with E-state index >= 15 is 0 Å². The van der Waals surface area contributed by atoms with Gasteiger partial charge in [-0.05, 0) is 43.2 Å². The van der Waals surface area contributed by atoms with Gasteiger partial charge in [0.05, 0.1) is 0 Å². The molecule has 0 bridgehead atoms. The highest BCUT2D eigenvalue weighted by molar-refractivity contribution is 6.09. The number of amides is 4. The maximum atomic E-state index is 13.0. The molecule has 4 amide bonds. The largest absolute Gasteiger partial charge is 0.341 e. The van der Waals surface area contributed by atoms with Gasteiger partial charge in [-0.2, -0.15) is 0 Å². The number of nitrogens with one attached hydrogen (secondary N) is 1. The molecule has 2 saturated heterocycles. The lowest BCUT2D eigenvalue weighted by molar-refractivity contribution is -0.139. The molecule has 2 aliphatic heterocycles. The second-order valence-corrected chi connectivity index (χ2v) is 6.83. The number of urea groups is 1. The summed E-state index contributed by atoms with van der Waals surface area (Å²) in [5.74, 6) is -0.427. The van der Waals surface area contributed by atoms with Crippen molar-refractivity contribution < 1.29 is 14.4 Å². The molecule has 3 aliphatic rings. The number of hydrogen-bond donors (Lipinski definition) is 1. The van der Waals surface area contributed by atoms with E-state index in [1.54, 1.807) is 4.90 Å². The SMILES string of the molecule is O=C(CN1C(=O)N[C@@]2(CCc3ccccc32)C1=O)N1CCCCC1. The lowest BCUT2D eigenvalue weighted by atomic mass is 9.92. The van der Waals surface area contributed by atoms with Gasteiger partial charge >= 0.3 is 6.03 Å². The maximum Gasteiger partial charge on any atom is 0.325 e. The number of nitrogens with zero attached hydrogens (tertiary/aromatic N) is 2. The summed E-state index contributed by atoms with van der Waals surface area (Å²) >= 11 is 0. The molecule has 6 nitrogen and oxygen atoms in total. The van der Waals surface area contributed by atoms with Crippen LogP contribution in [0.4, 0.5) is 4.79 Å². The fourth-order valence-corrected chi connectivity index (χ4v) is 4.11. The molecule has 4 rings (SSSR count). The van der Waals surface area contributed by atoms with Gasteiger partial charge in [0, 0.05) is 13.1 Å². The Morgan fingerprint density at radius 1 is 1.12 bits per heavy atom. The van der Waals surface area contributed by atoms with Gasteiger partial charge in [-0.1, -0.05) is 24.3 Å². The van der Waals surface area contributed by atoms with Crippen LogP contribution in [0.1, 0.15) is 36.8 Å². The minimum Gasteiger partial charge on any atom is -0.341 e. The Morgan fingerprint density at radius 3 is 2.67 bits per heavy atom. The molecule has 6 heteroatoms. The van der Waals surface area contributed by atoms with Crippen molar-refractivity contribution in [2.24, 2.45) is 0 Å². The first-order valence-corrected chi connectivity index (χ1v) is 8.62. The maximum absolute atomic E-state index is 13.0. The third-order valence-electron chi connectivity index (χ3n) is 5.42. The molecule has 1 N–H and O–H groups in total. The number of imide groups is 1. The van der Waals surface area contributed by atoms with E-state index in [1.807, 2.05) is 24.3 Å². The first-order chi connectivity index (χ1) is 11.6. The summed E-state index contributed by atoms with van der Waals surface area (Å²) in [7, 11) is 0. The number of aryl methyl sites for hydroxylation is 1. The lowest BCUT2D eigenvalue weighted by Crippen LogP contribution is -2.46. The molecule has 0 radical (unpaired) electrons. The average Bonchev–Trinajstić information content (AvgIpc) is 3.10. The number of carbonyl (C=O) groups is 3. The summed E-state index contributed by atoms with van der Waals surface area (Å²) in [6, 6.07) is 7.26. The van der Waals surface area contributed by atoms with E-state index in [-0.39, 0.29) is 18.4 Å². The zero-order chi connectivity index (χ0) is 16.7. The first-order valence-electron chi connectivity index (χ1n) is 8.62. The van der Waals surface area contributed by atoms with Crippen molar-refractivity contribution in [2.45, 2.75) is 37.6 Å². The second-order valence-electron chi connectivity index (χ2n) is 6.83. The average molecular weight is 327 g/mol. The lowest BCUT2D eigenvalue weighted by Gasteiger charge is -2.28. The minimum absolute atomic E-state index is 0.137. The fourth-order valence-electron chi connectivity index (χ4n) is 4.11. The number of carbonyl (C=O) groups excluding carboxylic acids is 3. The molecule has 2 fully saturated rings.